The molecule has 1 aliphatic rings. The number of aliphatic hydroxyl groups is 1. The van der Waals surface area contributed by atoms with Gasteiger partial charge in [-0.15, -0.1) is 0 Å². The van der Waals surface area contributed by atoms with Crippen LogP contribution >= 0.6 is 0 Å². The van der Waals surface area contributed by atoms with E-state index >= 15 is 0 Å². The van der Waals surface area contributed by atoms with Crippen LogP contribution in [-0.2, 0) is 16.0 Å². The molecule has 3 atom stereocenters. The normalized spacial score (nSPS) is 21.9. The molecule has 0 aliphatic carbocycles. The highest BCUT2D eigenvalue weighted by Gasteiger charge is 2.35. The van der Waals surface area contributed by atoms with Crippen LogP contribution in [-0.4, -0.2) is 37.8 Å². The van der Waals surface area contributed by atoms with Gasteiger partial charge in [0, 0.05) is 24.7 Å². The molecule has 128 valence electrons. The van der Waals surface area contributed by atoms with Crippen LogP contribution in [0.1, 0.15) is 24.6 Å². The molecule has 3 aromatic rings. The Kier molecular flexibility index (Phi) is 4.19. The average molecular weight is 337 g/mol. The molecule has 1 N–H and O–H groups in total. The number of para-hydroxylation sites is 2. The summed E-state index contributed by atoms with van der Waals surface area (Å²) in [6, 6.07) is 13.4. The van der Waals surface area contributed by atoms with E-state index in [1.165, 1.54) is 0 Å². The van der Waals surface area contributed by atoms with Gasteiger partial charge in [-0.3, -0.25) is 9.78 Å². The van der Waals surface area contributed by atoms with Crippen molar-refractivity contribution in [2.24, 2.45) is 0 Å². The van der Waals surface area contributed by atoms with Crippen LogP contribution in [0.15, 0.2) is 55.0 Å². The first-order chi connectivity index (χ1) is 12.2. The van der Waals surface area contributed by atoms with Crippen molar-refractivity contribution in [1.82, 2.24) is 14.5 Å². The lowest BCUT2D eigenvalue weighted by atomic mass is 9.95. The van der Waals surface area contributed by atoms with Gasteiger partial charge in [-0.2, -0.15) is 0 Å². The van der Waals surface area contributed by atoms with Crippen LogP contribution in [0.5, 0.6) is 0 Å². The number of aromatic nitrogens is 3. The Labute approximate surface area is 145 Å². The smallest absolute Gasteiger partial charge is 0.308 e. The molecule has 25 heavy (non-hydrogen) atoms. The molecule has 0 saturated carbocycles. The minimum absolute atomic E-state index is 0.0531. The van der Waals surface area contributed by atoms with E-state index in [9.17, 15) is 9.90 Å². The van der Waals surface area contributed by atoms with Gasteiger partial charge in [0.15, 0.2) is 0 Å². The van der Waals surface area contributed by atoms with Crippen molar-refractivity contribution in [2.45, 2.75) is 37.5 Å². The first-order valence-electron chi connectivity index (χ1n) is 8.40. The molecule has 1 saturated heterocycles. The summed E-state index contributed by atoms with van der Waals surface area (Å²) in [5.41, 5.74) is 2.76. The van der Waals surface area contributed by atoms with Gasteiger partial charge in [0.25, 0.3) is 0 Å². The molecule has 0 radical (unpaired) electrons. The van der Waals surface area contributed by atoms with Crippen LogP contribution in [0.4, 0.5) is 0 Å². The third-order valence-corrected chi connectivity index (χ3v) is 4.60. The summed E-state index contributed by atoms with van der Waals surface area (Å²) in [5, 5.41) is 10.0. The predicted molar refractivity (Wildman–Crippen MR) is 91.8 cm³/mol. The van der Waals surface area contributed by atoms with Gasteiger partial charge >= 0.3 is 5.97 Å². The number of benzene rings is 1. The zero-order valence-corrected chi connectivity index (χ0v) is 13.7. The maximum absolute atomic E-state index is 11.9. The van der Waals surface area contributed by atoms with E-state index in [4.69, 9.17) is 4.74 Å². The Bertz CT molecular complexity index is 878. The number of cyclic esters (lactones) is 1. The summed E-state index contributed by atoms with van der Waals surface area (Å²) in [7, 11) is 0. The zero-order chi connectivity index (χ0) is 17.2. The second kappa shape index (κ2) is 6.64. The second-order valence-electron chi connectivity index (χ2n) is 6.36. The maximum atomic E-state index is 11.9. The van der Waals surface area contributed by atoms with Crippen molar-refractivity contribution in [3.05, 3.63) is 60.7 Å². The van der Waals surface area contributed by atoms with Gasteiger partial charge < -0.3 is 14.4 Å². The maximum Gasteiger partial charge on any atom is 0.308 e. The molecular weight excluding hydrogens is 318 g/mol. The number of nitrogens with zero attached hydrogens (tertiary/aromatic N) is 3. The molecule has 1 unspecified atom stereocenters. The van der Waals surface area contributed by atoms with Gasteiger partial charge in [-0.25, -0.2) is 4.98 Å². The molecule has 1 fully saturated rings. The van der Waals surface area contributed by atoms with Crippen molar-refractivity contribution in [3.63, 3.8) is 0 Å². The van der Waals surface area contributed by atoms with Gasteiger partial charge in [-0.05, 0) is 24.3 Å². The highest BCUT2D eigenvalue weighted by Crippen LogP contribution is 2.30. The number of ether oxygens (including phenoxy) is 1. The lowest BCUT2D eigenvalue weighted by molar-refractivity contribution is -0.163. The van der Waals surface area contributed by atoms with E-state index in [0.717, 1.165) is 16.7 Å². The Morgan fingerprint density at radius 3 is 2.84 bits per heavy atom. The van der Waals surface area contributed by atoms with Gasteiger partial charge in [0.1, 0.15) is 6.10 Å². The van der Waals surface area contributed by atoms with Crippen molar-refractivity contribution < 1.29 is 14.6 Å². The third kappa shape index (κ3) is 3.25. The number of rotatable bonds is 4. The van der Waals surface area contributed by atoms with Crippen molar-refractivity contribution >= 4 is 17.0 Å². The van der Waals surface area contributed by atoms with Crippen LogP contribution in [0.3, 0.4) is 0 Å². The number of aliphatic hydroxyl groups excluding tert-OH is 1. The van der Waals surface area contributed by atoms with Crippen LogP contribution in [0.2, 0.25) is 0 Å². The minimum atomic E-state index is -0.674. The molecule has 1 aliphatic heterocycles. The molecule has 2 aromatic heterocycles. The number of hydrogen-bond acceptors (Lipinski definition) is 5. The number of esters is 1. The third-order valence-electron chi connectivity index (χ3n) is 4.60. The molecular formula is C19H19N3O3. The van der Waals surface area contributed by atoms with Crippen molar-refractivity contribution in [1.29, 1.82) is 0 Å². The Morgan fingerprint density at radius 1 is 1.20 bits per heavy atom. The summed E-state index contributed by atoms with van der Waals surface area (Å²) in [4.78, 5) is 20.7. The number of carbonyl (C=O) groups is 1. The monoisotopic (exact) mass is 337 g/mol. The Morgan fingerprint density at radius 2 is 2.04 bits per heavy atom. The molecule has 3 heterocycles. The van der Waals surface area contributed by atoms with E-state index in [1.807, 2.05) is 47.0 Å². The highest BCUT2D eigenvalue weighted by molar-refractivity contribution is 5.75. The number of fused-ring (bicyclic) bond motifs is 1. The van der Waals surface area contributed by atoms with Gasteiger partial charge in [0.2, 0.25) is 0 Å². The van der Waals surface area contributed by atoms with Crippen molar-refractivity contribution in [2.75, 3.05) is 0 Å². The summed E-state index contributed by atoms with van der Waals surface area (Å²) >= 11 is 0. The van der Waals surface area contributed by atoms with E-state index in [2.05, 4.69) is 9.97 Å². The fourth-order valence-corrected chi connectivity index (χ4v) is 3.43. The fourth-order valence-electron chi connectivity index (χ4n) is 3.43. The molecule has 4 rings (SSSR count). The minimum Gasteiger partial charge on any atom is -0.460 e. The molecule has 6 heteroatoms. The molecule has 6 nitrogen and oxygen atoms in total. The van der Waals surface area contributed by atoms with Crippen LogP contribution in [0, 0.1) is 0 Å². The van der Waals surface area contributed by atoms with E-state index in [-0.39, 0.29) is 18.4 Å². The lowest BCUT2D eigenvalue weighted by Gasteiger charge is -2.33. The summed E-state index contributed by atoms with van der Waals surface area (Å²) < 4.78 is 7.62. The van der Waals surface area contributed by atoms with E-state index in [1.54, 1.807) is 12.5 Å². The highest BCUT2D eigenvalue weighted by atomic mass is 16.5. The van der Waals surface area contributed by atoms with Gasteiger partial charge in [-0.1, -0.05) is 18.2 Å². The average Bonchev–Trinajstić information content (AvgIpc) is 3.03. The van der Waals surface area contributed by atoms with E-state index < -0.39 is 12.2 Å². The molecule has 0 spiro atoms. The molecule has 0 amide bonds. The Hall–Kier alpha value is -2.73. The molecule has 0 bridgehead atoms. The number of hydrogen-bond donors (Lipinski definition) is 1. The summed E-state index contributed by atoms with van der Waals surface area (Å²) in [6.45, 7) is 0. The summed E-state index contributed by atoms with van der Waals surface area (Å²) in [5.74, 6) is -0.362. The Balaban J connectivity index is 1.74. The largest absolute Gasteiger partial charge is 0.460 e. The number of pyridine rings is 1. The zero-order valence-electron chi connectivity index (χ0n) is 13.7. The summed E-state index contributed by atoms with van der Waals surface area (Å²) in [6.07, 6.45) is 3.48. The molecule has 1 aromatic carbocycles. The van der Waals surface area contributed by atoms with Crippen LogP contribution in [0.25, 0.3) is 11.0 Å². The predicted octanol–water partition coefficient (Wildman–Crippen LogP) is 2.28. The van der Waals surface area contributed by atoms with Crippen molar-refractivity contribution in [3.8, 4) is 0 Å². The lowest BCUT2D eigenvalue weighted by Crippen LogP contribution is -2.39. The second-order valence-corrected chi connectivity index (χ2v) is 6.36. The van der Waals surface area contributed by atoms with Crippen LogP contribution < -0.4 is 0 Å². The fraction of sp³-hybridized carbons (Fsp3) is 0.316. The first kappa shape index (κ1) is 15.8. The topological polar surface area (TPSA) is 77.2 Å². The van der Waals surface area contributed by atoms with E-state index in [0.29, 0.717) is 12.8 Å². The van der Waals surface area contributed by atoms with Gasteiger partial charge in [0.05, 0.1) is 35.9 Å². The number of imidazole rings is 1. The first-order valence-corrected chi connectivity index (χ1v) is 8.40. The standard InChI is InChI=1S/C19H19N3O3/c23-14-10-18(25-19(24)11-14)17(9-13-5-3-4-8-20-13)22-12-21-15-6-1-2-7-16(15)22/h1-8,12,14,17-18,23H,9-11H2/t14-,17?,18+/m1/s1. The quantitative estimate of drug-likeness (QED) is 0.739. The SMILES string of the molecule is O=C1C[C@H](O)C[C@@H](C(Cc2ccccn2)n2cnc3ccccc32)O1. The number of carbonyl (C=O) groups excluding carboxylic acids is 1.